The SMILES string of the molecule is CC(O)CN(C(=O)NC1CCCCC1)C(C)C. The zero-order chi connectivity index (χ0) is 12.8. The quantitative estimate of drug-likeness (QED) is 0.793. The lowest BCUT2D eigenvalue weighted by Gasteiger charge is -2.31. The predicted octanol–water partition coefficient (Wildman–Crippen LogP) is 2.12. The van der Waals surface area contributed by atoms with Crippen molar-refractivity contribution >= 4 is 6.03 Å². The van der Waals surface area contributed by atoms with E-state index in [0.717, 1.165) is 12.8 Å². The van der Waals surface area contributed by atoms with Crippen molar-refractivity contribution in [3.05, 3.63) is 0 Å². The van der Waals surface area contributed by atoms with Crippen LogP contribution < -0.4 is 5.32 Å². The molecule has 0 heterocycles. The maximum Gasteiger partial charge on any atom is 0.317 e. The fourth-order valence-corrected chi connectivity index (χ4v) is 2.32. The highest BCUT2D eigenvalue weighted by atomic mass is 16.3. The summed E-state index contributed by atoms with van der Waals surface area (Å²) < 4.78 is 0. The number of rotatable bonds is 4. The normalized spacial score (nSPS) is 19.1. The molecule has 0 bridgehead atoms. The molecule has 1 unspecified atom stereocenters. The number of carbonyl (C=O) groups excluding carboxylic acids is 1. The predicted molar refractivity (Wildman–Crippen MR) is 68.9 cm³/mol. The maximum atomic E-state index is 12.1. The third kappa shape index (κ3) is 4.94. The van der Waals surface area contributed by atoms with Gasteiger partial charge in [-0.25, -0.2) is 4.79 Å². The summed E-state index contributed by atoms with van der Waals surface area (Å²) >= 11 is 0. The average Bonchev–Trinajstić information content (AvgIpc) is 2.26. The summed E-state index contributed by atoms with van der Waals surface area (Å²) in [6.45, 7) is 6.06. The molecule has 0 aliphatic heterocycles. The summed E-state index contributed by atoms with van der Waals surface area (Å²) in [6, 6.07) is 0.410. The fourth-order valence-electron chi connectivity index (χ4n) is 2.32. The second-order valence-corrected chi connectivity index (χ2v) is 5.38. The largest absolute Gasteiger partial charge is 0.392 e. The number of urea groups is 1. The van der Waals surface area contributed by atoms with Crippen LogP contribution in [-0.2, 0) is 0 Å². The van der Waals surface area contributed by atoms with Crippen molar-refractivity contribution in [1.82, 2.24) is 10.2 Å². The molecule has 0 aromatic heterocycles. The van der Waals surface area contributed by atoms with Gasteiger partial charge in [-0.05, 0) is 33.6 Å². The van der Waals surface area contributed by atoms with Crippen LogP contribution in [0.1, 0.15) is 52.9 Å². The van der Waals surface area contributed by atoms with E-state index in [1.54, 1.807) is 11.8 Å². The first-order valence-electron chi connectivity index (χ1n) is 6.76. The minimum absolute atomic E-state index is 0.0344. The Kier molecular flexibility index (Phi) is 5.75. The number of hydrogen-bond acceptors (Lipinski definition) is 2. The molecule has 1 aliphatic carbocycles. The Hall–Kier alpha value is -0.770. The van der Waals surface area contributed by atoms with Crippen molar-refractivity contribution in [2.75, 3.05) is 6.54 Å². The van der Waals surface area contributed by atoms with Gasteiger partial charge in [-0.1, -0.05) is 19.3 Å². The van der Waals surface area contributed by atoms with E-state index in [0.29, 0.717) is 12.6 Å². The highest BCUT2D eigenvalue weighted by molar-refractivity contribution is 5.74. The van der Waals surface area contributed by atoms with Crippen LogP contribution in [0, 0.1) is 0 Å². The molecule has 0 saturated heterocycles. The molecular formula is C13H26N2O2. The van der Waals surface area contributed by atoms with E-state index in [1.165, 1.54) is 19.3 Å². The van der Waals surface area contributed by atoms with Crippen molar-refractivity contribution in [1.29, 1.82) is 0 Å². The molecule has 1 rings (SSSR count). The van der Waals surface area contributed by atoms with Gasteiger partial charge < -0.3 is 15.3 Å². The number of aliphatic hydroxyl groups excluding tert-OH is 1. The third-order valence-corrected chi connectivity index (χ3v) is 3.28. The van der Waals surface area contributed by atoms with Crippen LogP contribution in [0.5, 0.6) is 0 Å². The van der Waals surface area contributed by atoms with E-state index >= 15 is 0 Å². The Balaban J connectivity index is 2.46. The van der Waals surface area contributed by atoms with Crippen molar-refractivity contribution in [3.8, 4) is 0 Å². The van der Waals surface area contributed by atoms with Gasteiger partial charge in [0.2, 0.25) is 0 Å². The first kappa shape index (κ1) is 14.3. The molecule has 100 valence electrons. The van der Waals surface area contributed by atoms with Crippen LogP contribution in [0.4, 0.5) is 4.79 Å². The van der Waals surface area contributed by atoms with Crippen LogP contribution in [0.25, 0.3) is 0 Å². The Labute approximate surface area is 104 Å². The summed E-state index contributed by atoms with van der Waals surface area (Å²) in [7, 11) is 0. The van der Waals surface area contributed by atoms with Gasteiger partial charge >= 0.3 is 6.03 Å². The third-order valence-electron chi connectivity index (χ3n) is 3.28. The van der Waals surface area contributed by atoms with Gasteiger partial charge in [0.25, 0.3) is 0 Å². The molecule has 4 nitrogen and oxygen atoms in total. The topological polar surface area (TPSA) is 52.6 Å². The second-order valence-electron chi connectivity index (χ2n) is 5.38. The van der Waals surface area contributed by atoms with Gasteiger partial charge in [0.05, 0.1) is 6.10 Å². The van der Waals surface area contributed by atoms with Crippen molar-refractivity contribution < 1.29 is 9.90 Å². The van der Waals surface area contributed by atoms with Crippen LogP contribution in [0.3, 0.4) is 0 Å². The smallest absolute Gasteiger partial charge is 0.317 e. The molecule has 2 N–H and O–H groups in total. The minimum atomic E-state index is -0.477. The minimum Gasteiger partial charge on any atom is -0.392 e. The molecule has 4 heteroatoms. The molecular weight excluding hydrogens is 216 g/mol. The maximum absolute atomic E-state index is 12.1. The van der Waals surface area contributed by atoms with Crippen LogP contribution in [0.2, 0.25) is 0 Å². The number of hydrogen-bond donors (Lipinski definition) is 2. The molecule has 0 spiro atoms. The summed E-state index contributed by atoms with van der Waals surface area (Å²) in [4.78, 5) is 13.8. The molecule has 1 atom stereocenters. The lowest BCUT2D eigenvalue weighted by molar-refractivity contribution is 0.116. The molecule has 0 aromatic rings. The first-order valence-corrected chi connectivity index (χ1v) is 6.76. The Morgan fingerprint density at radius 3 is 2.35 bits per heavy atom. The highest BCUT2D eigenvalue weighted by Gasteiger charge is 2.22. The summed E-state index contributed by atoms with van der Waals surface area (Å²) in [5.41, 5.74) is 0. The Morgan fingerprint density at radius 2 is 1.88 bits per heavy atom. The molecule has 1 fully saturated rings. The Bertz CT molecular complexity index is 236. The standard InChI is InChI=1S/C13H26N2O2/c1-10(2)15(9-11(3)16)13(17)14-12-7-5-4-6-8-12/h10-12,16H,4-9H2,1-3H3,(H,14,17). The van der Waals surface area contributed by atoms with Crippen molar-refractivity contribution in [3.63, 3.8) is 0 Å². The zero-order valence-corrected chi connectivity index (χ0v) is 11.3. The molecule has 1 aliphatic rings. The zero-order valence-electron chi connectivity index (χ0n) is 11.3. The molecule has 17 heavy (non-hydrogen) atoms. The lowest BCUT2D eigenvalue weighted by atomic mass is 9.96. The van der Waals surface area contributed by atoms with E-state index < -0.39 is 6.10 Å². The summed E-state index contributed by atoms with van der Waals surface area (Å²) in [5.74, 6) is 0. The van der Waals surface area contributed by atoms with E-state index in [-0.39, 0.29) is 12.1 Å². The van der Waals surface area contributed by atoms with Crippen LogP contribution in [-0.4, -0.2) is 40.8 Å². The summed E-state index contributed by atoms with van der Waals surface area (Å²) in [5, 5.41) is 12.5. The molecule has 1 saturated carbocycles. The van der Waals surface area contributed by atoms with Crippen molar-refractivity contribution in [2.24, 2.45) is 0 Å². The second kappa shape index (κ2) is 6.84. The molecule has 0 aromatic carbocycles. The van der Waals surface area contributed by atoms with Gasteiger partial charge in [0.1, 0.15) is 0 Å². The average molecular weight is 242 g/mol. The van der Waals surface area contributed by atoms with E-state index in [4.69, 9.17) is 0 Å². The fraction of sp³-hybridized carbons (Fsp3) is 0.923. The summed E-state index contributed by atoms with van der Waals surface area (Å²) in [6.07, 6.45) is 5.41. The van der Waals surface area contributed by atoms with Crippen molar-refractivity contribution in [2.45, 2.75) is 71.1 Å². The number of nitrogens with zero attached hydrogens (tertiary/aromatic N) is 1. The highest BCUT2D eigenvalue weighted by Crippen LogP contribution is 2.17. The van der Waals surface area contributed by atoms with Crippen LogP contribution in [0.15, 0.2) is 0 Å². The number of aliphatic hydroxyl groups is 1. The Morgan fingerprint density at radius 1 is 1.29 bits per heavy atom. The van der Waals surface area contributed by atoms with Gasteiger partial charge in [-0.3, -0.25) is 0 Å². The first-order chi connectivity index (χ1) is 8.00. The number of carbonyl (C=O) groups is 1. The van der Waals surface area contributed by atoms with Crippen LogP contribution >= 0.6 is 0 Å². The van der Waals surface area contributed by atoms with Gasteiger partial charge in [0.15, 0.2) is 0 Å². The van der Waals surface area contributed by atoms with E-state index in [9.17, 15) is 9.90 Å². The van der Waals surface area contributed by atoms with E-state index in [2.05, 4.69) is 5.32 Å². The lowest BCUT2D eigenvalue weighted by Crippen LogP contribution is -2.50. The van der Waals surface area contributed by atoms with Gasteiger partial charge in [-0.2, -0.15) is 0 Å². The molecule has 2 amide bonds. The number of amides is 2. The van der Waals surface area contributed by atoms with Gasteiger partial charge in [0, 0.05) is 18.6 Å². The molecule has 0 radical (unpaired) electrons. The number of nitrogens with one attached hydrogen (secondary N) is 1. The van der Waals surface area contributed by atoms with Gasteiger partial charge in [-0.15, -0.1) is 0 Å². The monoisotopic (exact) mass is 242 g/mol. The van der Waals surface area contributed by atoms with E-state index in [1.807, 2.05) is 13.8 Å².